The molecule has 0 aliphatic heterocycles. The average molecular weight is 156 g/mol. The molecule has 1 rings (SSSR count). The maximum absolute atomic E-state index is 9.14. The van der Waals surface area contributed by atoms with E-state index in [4.69, 9.17) is 10.8 Å². The van der Waals surface area contributed by atoms with E-state index in [0.717, 1.165) is 0 Å². The summed E-state index contributed by atoms with van der Waals surface area (Å²) in [6.07, 6.45) is 5.63. The van der Waals surface area contributed by atoms with Crippen molar-refractivity contribution in [2.45, 2.75) is 44.2 Å². The summed E-state index contributed by atoms with van der Waals surface area (Å²) in [5.41, 5.74) is 5.78. The van der Waals surface area contributed by atoms with Gasteiger partial charge in [0.2, 0.25) is 0 Å². The van der Waals surface area contributed by atoms with Crippen LogP contribution in [0.5, 0.6) is 0 Å². The first-order chi connectivity index (χ1) is 5.22. The van der Waals surface area contributed by atoms with Gasteiger partial charge >= 0.3 is 0 Å². The van der Waals surface area contributed by atoms with Crippen molar-refractivity contribution in [2.75, 3.05) is 0 Å². The summed E-state index contributed by atoms with van der Waals surface area (Å²) < 4.78 is 0. The lowest BCUT2D eigenvalue weighted by molar-refractivity contribution is 0.139. The maximum atomic E-state index is 9.14. The number of nitrogens with two attached hydrogens (primary N) is 1. The first-order valence-corrected chi connectivity index (χ1v) is 4.48. The van der Waals surface area contributed by atoms with Gasteiger partial charge < -0.3 is 10.8 Å². The third kappa shape index (κ3) is 2.46. The Morgan fingerprint density at radius 1 is 1.27 bits per heavy atom. The van der Waals surface area contributed by atoms with Crippen molar-refractivity contribution in [2.24, 2.45) is 11.7 Å². The lowest BCUT2D eigenvalue weighted by Gasteiger charge is -2.28. The Bertz CT molecular complexity index is 108. The van der Waals surface area contributed by atoms with Crippen molar-refractivity contribution in [1.29, 1.82) is 0 Å². The van der Waals surface area contributed by atoms with Crippen molar-refractivity contribution in [3.8, 4) is 0 Å². The number of aliphatic hydroxyl groups is 1. The van der Waals surface area contributed by atoms with Gasteiger partial charge in [0, 0.05) is 6.04 Å². The van der Waals surface area contributed by atoms with Gasteiger partial charge in [0.05, 0.1) is 6.10 Å². The molecule has 2 unspecified atom stereocenters. The van der Waals surface area contributed by atoms with Crippen LogP contribution in [-0.2, 0) is 0 Å². The summed E-state index contributed by atoms with van der Waals surface area (Å²) in [6.45, 7) is 3.54. The molecule has 0 bridgehead atoms. The third-order valence-electron chi connectivity index (χ3n) is 2.64. The number of hydrogen-bond donors (Lipinski definition) is 2. The quantitative estimate of drug-likeness (QED) is 0.628. The first-order valence-electron chi connectivity index (χ1n) is 4.48. The second kappa shape index (κ2) is 4.07. The highest BCUT2D eigenvalue weighted by molar-refractivity contribution is 4.82. The zero-order chi connectivity index (χ0) is 8.27. The Kier molecular flexibility index (Phi) is 3.34. The molecule has 1 aliphatic carbocycles. The molecule has 0 spiro atoms. The summed E-state index contributed by atoms with van der Waals surface area (Å²) in [4.78, 5) is 0. The molecule has 65 valence electrons. The van der Waals surface area contributed by atoms with E-state index in [-0.39, 0.29) is 6.04 Å². The molecule has 0 aromatic carbocycles. The molecule has 0 aromatic heterocycles. The van der Waals surface area contributed by atoms with E-state index in [0.29, 0.717) is 5.92 Å². The smallest absolute Gasteiger partial charge is 0.0694 e. The predicted molar refractivity (Wildman–Crippen MR) is 45.9 cm³/mol. The fourth-order valence-electron chi connectivity index (χ4n) is 1.83. The third-order valence-corrected chi connectivity index (χ3v) is 2.64. The van der Waals surface area contributed by atoms with Crippen molar-refractivity contribution in [1.82, 2.24) is 0 Å². The highest BCUT2D eigenvalue weighted by Crippen LogP contribution is 2.26. The lowest BCUT2D eigenvalue weighted by Crippen LogP contribution is -2.40. The molecular weight excluding hydrogens is 138 g/mol. The summed E-state index contributed by atoms with van der Waals surface area (Å²) in [5.74, 6) is 0.510. The minimum atomic E-state index is -0.585. The van der Waals surface area contributed by atoms with Gasteiger partial charge in [-0.25, -0.2) is 0 Å². The van der Waals surface area contributed by atoms with E-state index in [1.165, 1.54) is 32.1 Å². The standard InChI is InChI=1S/C9H18NO/c1-7(11)9(10)8-5-3-2-4-6-8/h7-9,11H,1-6,10H2. The monoisotopic (exact) mass is 156 g/mol. The van der Waals surface area contributed by atoms with E-state index >= 15 is 0 Å². The van der Waals surface area contributed by atoms with Crippen LogP contribution in [0.25, 0.3) is 0 Å². The molecule has 0 amide bonds. The molecule has 0 saturated heterocycles. The zero-order valence-electron chi connectivity index (χ0n) is 7.00. The van der Waals surface area contributed by atoms with Crippen LogP contribution in [0.1, 0.15) is 32.1 Å². The molecule has 2 heteroatoms. The second-order valence-electron chi connectivity index (χ2n) is 3.54. The summed E-state index contributed by atoms with van der Waals surface area (Å²) in [5, 5.41) is 9.14. The van der Waals surface area contributed by atoms with Crippen LogP contribution in [0, 0.1) is 12.8 Å². The molecular formula is C9H18NO. The van der Waals surface area contributed by atoms with E-state index < -0.39 is 6.10 Å². The minimum absolute atomic E-state index is 0.102. The van der Waals surface area contributed by atoms with Crippen LogP contribution in [0.4, 0.5) is 0 Å². The normalized spacial score (nSPS) is 26.5. The SMILES string of the molecule is [CH2]C(O)C(N)C1CCCCC1. The number of hydrogen-bond acceptors (Lipinski definition) is 2. The Balaban J connectivity index is 2.32. The highest BCUT2D eigenvalue weighted by atomic mass is 16.3. The molecule has 1 fully saturated rings. The van der Waals surface area contributed by atoms with Gasteiger partial charge in [-0.1, -0.05) is 19.3 Å². The molecule has 0 heterocycles. The van der Waals surface area contributed by atoms with Gasteiger partial charge in [-0.05, 0) is 25.7 Å². The van der Waals surface area contributed by atoms with Crippen LogP contribution in [0.3, 0.4) is 0 Å². The number of rotatable bonds is 2. The van der Waals surface area contributed by atoms with Crippen LogP contribution in [0.15, 0.2) is 0 Å². The van der Waals surface area contributed by atoms with Crippen molar-refractivity contribution in [3.05, 3.63) is 6.92 Å². The summed E-state index contributed by atoms with van der Waals surface area (Å²) in [6, 6.07) is -0.102. The molecule has 11 heavy (non-hydrogen) atoms. The Morgan fingerprint density at radius 3 is 2.27 bits per heavy atom. The topological polar surface area (TPSA) is 46.2 Å². The van der Waals surface area contributed by atoms with Crippen LogP contribution in [-0.4, -0.2) is 17.3 Å². The van der Waals surface area contributed by atoms with Crippen LogP contribution < -0.4 is 5.73 Å². The number of aliphatic hydroxyl groups excluding tert-OH is 1. The molecule has 2 nitrogen and oxygen atoms in total. The van der Waals surface area contributed by atoms with Crippen LogP contribution in [0.2, 0.25) is 0 Å². The van der Waals surface area contributed by atoms with Crippen molar-refractivity contribution < 1.29 is 5.11 Å². The summed E-state index contributed by atoms with van der Waals surface area (Å²) >= 11 is 0. The van der Waals surface area contributed by atoms with Gasteiger partial charge in [-0.2, -0.15) is 0 Å². The molecule has 1 saturated carbocycles. The fraction of sp³-hybridized carbons (Fsp3) is 0.889. The zero-order valence-corrected chi connectivity index (χ0v) is 7.00. The van der Waals surface area contributed by atoms with Crippen molar-refractivity contribution >= 4 is 0 Å². The largest absolute Gasteiger partial charge is 0.392 e. The van der Waals surface area contributed by atoms with Crippen LogP contribution >= 0.6 is 0 Å². The molecule has 2 atom stereocenters. The van der Waals surface area contributed by atoms with Gasteiger partial charge in [0.25, 0.3) is 0 Å². The Hall–Kier alpha value is -0.0800. The molecule has 1 aliphatic rings. The maximum Gasteiger partial charge on any atom is 0.0694 e. The minimum Gasteiger partial charge on any atom is -0.392 e. The van der Waals surface area contributed by atoms with E-state index in [2.05, 4.69) is 6.92 Å². The average Bonchev–Trinajstić information content (AvgIpc) is 2.05. The Labute approximate surface area is 68.8 Å². The second-order valence-corrected chi connectivity index (χ2v) is 3.54. The van der Waals surface area contributed by atoms with Gasteiger partial charge in [0.1, 0.15) is 0 Å². The molecule has 0 aromatic rings. The van der Waals surface area contributed by atoms with Gasteiger partial charge in [0.15, 0.2) is 0 Å². The highest BCUT2D eigenvalue weighted by Gasteiger charge is 2.23. The molecule has 3 N–H and O–H groups in total. The van der Waals surface area contributed by atoms with E-state index in [1.807, 2.05) is 0 Å². The summed E-state index contributed by atoms with van der Waals surface area (Å²) in [7, 11) is 0. The van der Waals surface area contributed by atoms with E-state index in [9.17, 15) is 0 Å². The van der Waals surface area contributed by atoms with Gasteiger partial charge in [-0.15, -0.1) is 0 Å². The van der Waals surface area contributed by atoms with E-state index in [1.54, 1.807) is 0 Å². The van der Waals surface area contributed by atoms with Crippen molar-refractivity contribution in [3.63, 3.8) is 0 Å². The first kappa shape index (κ1) is 9.01. The van der Waals surface area contributed by atoms with Gasteiger partial charge in [-0.3, -0.25) is 0 Å². The predicted octanol–water partition coefficient (Wildman–Crippen LogP) is 1.09. The Morgan fingerprint density at radius 2 is 1.82 bits per heavy atom. The molecule has 1 radical (unpaired) electrons. The lowest BCUT2D eigenvalue weighted by atomic mass is 9.82. The fourth-order valence-corrected chi connectivity index (χ4v) is 1.83.